The van der Waals surface area contributed by atoms with E-state index in [1.807, 2.05) is 6.92 Å². The summed E-state index contributed by atoms with van der Waals surface area (Å²) >= 11 is 1.26. The van der Waals surface area contributed by atoms with Crippen LogP contribution in [-0.2, 0) is 4.79 Å². The molecule has 1 atom stereocenters. The lowest BCUT2D eigenvalue weighted by molar-refractivity contribution is -0.115. The monoisotopic (exact) mass is 346 g/mol. The molecule has 0 unspecified atom stereocenters. The number of aryl methyl sites for hydroxylation is 1. The number of anilines is 2. The van der Waals surface area contributed by atoms with Crippen LogP contribution in [0.1, 0.15) is 12.6 Å². The van der Waals surface area contributed by atoms with Crippen molar-refractivity contribution in [3.8, 4) is 11.5 Å². The van der Waals surface area contributed by atoms with Gasteiger partial charge in [0, 0.05) is 23.5 Å². The van der Waals surface area contributed by atoms with E-state index in [1.54, 1.807) is 31.2 Å². The highest BCUT2D eigenvalue weighted by Gasteiger charge is 2.18. The largest absolute Gasteiger partial charge is 0.486 e. The third-order valence-corrected chi connectivity index (χ3v) is 4.28. The second-order valence-corrected chi connectivity index (χ2v) is 6.63. The van der Waals surface area contributed by atoms with E-state index in [0.29, 0.717) is 41.4 Å². The van der Waals surface area contributed by atoms with Crippen molar-refractivity contribution in [1.29, 1.82) is 0 Å². The van der Waals surface area contributed by atoms with E-state index in [2.05, 4.69) is 15.3 Å². The van der Waals surface area contributed by atoms with Crippen LogP contribution in [0.4, 0.5) is 11.5 Å². The van der Waals surface area contributed by atoms with Gasteiger partial charge in [0.2, 0.25) is 5.91 Å². The summed E-state index contributed by atoms with van der Waals surface area (Å²) in [6.45, 7) is 4.66. The number of nitrogens with zero attached hydrogens (tertiary/aromatic N) is 2. The Morgan fingerprint density at radius 1 is 1.25 bits per heavy atom. The molecule has 8 heteroatoms. The maximum Gasteiger partial charge on any atom is 0.237 e. The lowest BCUT2D eigenvalue weighted by Crippen LogP contribution is -2.23. The highest BCUT2D eigenvalue weighted by Crippen LogP contribution is 2.33. The molecule has 0 radical (unpaired) electrons. The molecule has 1 aromatic heterocycles. The zero-order chi connectivity index (χ0) is 17.1. The molecule has 126 valence electrons. The number of fused-ring (bicyclic) bond motifs is 1. The predicted molar refractivity (Wildman–Crippen MR) is 92.6 cm³/mol. The molecule has 1 aliphatic heterocycles. The number of amides is 1. The van der Waals surface area contributed by atoms with Crippen molar-refractivity contribution in [3.63, 3.8) is 0 Å². The van der Waals surface area contributed by atoms with Crippen molar-refractivity contribution in [2.75, 3.05) is 24.3 Å². The first-order chi connectivity index (χ1) is 11.5. The second-order valence-electron chi connectivity index (χ2n) is 5.32. The van der Waals surface area contributed by atoms with Gasteiger partial charge >= 0.3 is 0 Å². The van der Waals surface area contributed by atoms with E-state index < -0.39 is 0 Å². The minimum absolute atomic E-state index is 0.152. The number of nitrogen functional groups attached to an aromatic ring is 1. The minimum Gasteiger partial charge on any atom is -0.486 e. The number of nitrogens with two attached hydrogens (primary N) is 1. The Kier molecular flexibility index (Phi) is 4.75. The molecular weight excluding hydrogens is 328 g/mol. The Hall–Kier alpha value is -2.48. The van der Waals surface area contributed by atoms with Crippen LogP contribution in [0.15, 0.2) is 29.4 Å². The average Bonchev–Trinajstić information content (AvgIpc) is 2.53. The second kappa shape index (κ2) is 6.96. The van der Waals surface area contributed by atoms with Crippen LogP contribution >= 0.6 is 11.8 Å². The lowest BCUT2D eigenvalue weighted by Gasteiger charge is -2.19. The number of thioether (sulfide) groups is 1. The SMILES string of the molecule is Cc1cc(N)nc(S[C@H](C)C(=O)Nc2ccc3c(c2)OCCO3)n1. The van der Waals surface area contributed by atoms with Gasteiger partial charge in [0.1, 0.15) is 19.0 Å². The van der Waals surface area contributed by atoms with Gasteiger partial charge in [0.15, 0.2) is 16.7 Å². The van der Waals surface area contributed by atoms with E-state index in [4.69, 9.17) is 15.2 Å². The van der Waals surface area contributed by atoms with Crippen molar-refractivity contribution in [3.05, 3.63) is 30.0 Å². The van der Waals surface area contributed by atoms with Crippen LogP contribution in [-0.4, -0.2) is 34.3 Å². The van der Waals surface area contributed by atoms with Gasteiger partial charge < -0.3 is 20.5 Å². The van der Waals surface area contributed by atoms with Crippen LogP contribution in [0.25, 0.3) is 0 Å². The molecular formula is C16H18N4O3S. The molecule has 1 amide bonds. The first kappa shape index (κ1) is 16.4. The summed E-state index contributed by atoms with van der Waals surface area (Å²) in [7, 11) is 0. The number of carbonyl (C=O) groups is 1. The number of aromatic nitrogens is 2. The highest BCUT2D eigenvalue weighted by molar-refractivity contribution is 8.00. The first-order valence-corrected chi connectivity index (χ1v) is 8.37. The molecule has 1 aliphatic rings. The molecule has 3 rings (SSSR count). The van der Waals surface area contributed by atoms with Crippen LogP contribution in [0.3, 0.4) is 0 Å². The number of carbonyl (C=O) groups excluding carboxylic acids is 1. The van der Waals surface area contributed by atoms with E-state index in [-0.39, 0.29) is 11.2 Å². The van der Waals surface area contributed by atoms with E-state index in [0.717, 1.165) is 5.69 Å². The molecule has 24 heavy (non-hydrogen) atoms. The third kappa shape index (κ3) is 3.88. The average molecular weight is 346 g/mol. The number of hydrogen-bond acceptors (Lipinski definition) is 7. The molecule has 2 heterocycles. The predicted octanol–water partition coefficient (Wildman–Crippen LogP) is 2.26. The van der Waals surface area contributed by atoms with Crippen molar-refractivity contribution in [2.45, 2.75) is 24.3 Å². The van der Waals surface area contributed by atoms with Crippen LogP contribution in [0.2, 0.25) is 0 Å². The van der Waals surface area contributed by atoms with Crippen molar-refractivity contribution >= 4 is 29.2 Å². The van der Waals surface area contributed by atoms with Crippen molar-refractivity contribution in [2.24, 2.45) is 0 Å². The summed E-state index contributed by atoms with van der Waals surface area (Å²) in [5, 5.41) is 2.97. The topological polar surface area (TPSA) is 99.4 Å². The van der Waals surface area contributed by atoms with Crippen molar-refractivity contribution in [1.82, 2.24) is 9.97 Å². The molecule has 2 aromatic rings. The van der Waals surface area contributed by atoms with E-state index >= 15 is 0 Å². The van der Waals surface area contributed by atoms with E-state index in [9.17, 15) is 4.79 Å². The smallest absolute Gasteiger partial charge is 0.237 e. The van der Waals surface area contributed by atoms with E-state index in [1.165, 1.54) is 11.8 Å². The fourth-order valence-electron chi connectivity index (χ4n) is 2.19. The van der Waals surface area contributed by atoms with Gasteiger partial charge in [-0.1, -0.05) is 11.8 Å². The molecule has 0 saturated heterocycles. The minimum atomic E-state index is -0.376. The fourth-order valence-corrected chi connectivity index (χ4v) is 3.03. The quantitative estimate of drug-likeness (QED) is 0.647. The molecule has 7 nitrogen and oxygen atoms in total. The molecule has 0 bridgehead atoms. The lowest BCUT2D eigenvalue weighted by atomic mass is 10.2. The van der Waals surface area contributed by atoms with Gasteiger partial charge in [-0.15, -0.1) is 0 Å². The van der Waals surface area contributed by atoms with Gasteiger partial charge in [0.25, 0.3) is 0 Å². The molecule has 0 fully saturated rings. The summed E-state index contributed by atoms with van der Waals surface area (Å²) in [4.78, 5) is 20.8. The summed E-state index contributed by atoms with van der Waals surface area (Å²) in [6.07, 6.45) is 0. The van der Waals surface area contributed by atoms with Gasteiger partial charge in [0.05, 0.1) is 5.25 Å². The standard InChI is InChI=1S/C16H18N4O3S/c1-9-7-14(17)20-16(18-9)24-10(2)15(21)19-11-3-4-12-13(8-11)23-6-5-22-12/h3-4,7-8,10H,5-6H2,1-2H3,(H,19,21)(H2,17,18,20)/t10-/m1/s1. The Balaban J connectivity index is 1.65. The molecule has 1 aromatic carbocycles. The number of ether oxygens (including phenoxy) is 2. The maximum absolute atomic E-state index is 12.4. The fraction of sp³-hybridized carbons (Fsp3) is 0.312. The number of nitrogens with one attached hydrogen (secondary N) is 1. The molecule has 3 N–H and O–H groups in total. The van der Waals surface area contributed by atoms with Crippen LogP contribution < -0.4 is 20.5 Å². The molecule has 0 spiro atoms. The third-order valence-electron chi connectivity index (χ3n) is 3.31. The van der Waals surface area contributed by atoms with Crippen molar-refractivity contribution < 1.29 is 14.3 Å². The summed E-state index contributed by atoms with van der Waals surface area (Å²) in [5.74, 6) is 1.56. The number of benzene rings is 1. The number of rotatable bonds is 4. The molecule has 0 saturated carbocycles. The number of hydrogen-bond donors (Lipinski definition) is 2. The summed E-state index contributed by atoms with van der Waals surface area (Å²) < 4.78 is 11.0. The Morgan fingerprint density at radius 3 is 2.75 bits per heavy atom. The maximum atomic E-state index is 12.4. The zero-order valence-electron chi connectivity index (χ0n) is 13.4. The molecule has 0 aliphatic carbocycles. The Bertz CT molecular complexity index is 749. The van der Waals surface area contributed by atoms with Gasteiger partial charge in [-0.05, 0) is 26.0 Å². The van der Waals surface area contributed by atoms with Crippen LogP contribution in [0.5, 0.6) is 11.5 Å². The normalized spacial score (nSPS) is 14.1. The van der Waals surface area contributed by atoms with Gasteiger partial charge in [-0.25, -0.2) is 9.97 Å². The first-order valence-electron chi connectivity index (χ1n) is 7.49. The van der Waals surface area contributed by atoms with Gasteiger partial charge in [-0.3, -0.25) is 4.79 Å². The highest BCUT2D eigenvalue weighted by atomic mass is 32.2. The Morgan fingerprint density at radius 2 is 2.00 bits per heavy atom. The Labute approximate surface area is 144 Å². The van der Waals surface area contributed by atoms with Crippen LogP contribution in [0, 0.1) is 6.92 Å². The van der Waals surface area contributed by atoms with Gasteiger partial charge in [-0.2, -0.15) is 0 Å². The summed E-state index contributed by atoms with van der Waals surface area (Å²) in [6, 6.07) is 7.01. The summed E-state index contributed by atoms with van der Waals surface area (Å²) in [5.41, 5.74) is 7.13. The zero-order valence-corrected chi connectivity index (χ0v) is 14.2.